The number of hydrogen-bond acceptors (Lipinski definition) is 5. The van der Waals surface area contributed by atoms with E-state index in [0.29, 0.717) is 6.07 Å². The molecule has 0 unspecified atom stereocenters. The minimum absolute atomic E-state index is 0.0621. The van der Waals surface area contributed by atoms with E-state index in [1.165, 1.54) is 4.31 Å². The maximum Gasteiger partial charge on any atom is 0.339 e. The molecule has 0 saturated carbocycles. The number of nitrogens with zero attached hydrogens (tertiary/aromatic N) is 1. The lowest BCUT2D eigenvalue weighted by Crippen LogP contribution is -2.30. The van der Waals surface area contributed by atoms with E-state index in [-0.39, 0.29) is 22.9 Å². The molecule has 0 saturated heterocycles. The molecule has 0 N–H and O–H groups in total. The van der Waals surface area contributed by atoms with Gasteiger partial charge in [-0.05, 0) is 36.4 Å². The predicted octanol–water partition coefficient (Wildman–Crippen LogP) is 2.76. The first-order valence-corrected chi connectivity index (χ1v) is 10.5. The van der Waals surface area contributed by atoms with Crippen molar-refractivity contribution in [3.63, 3.8) is 0 Å². The van der Waals surface area contributed by atoms with Crippen LogP contribution in [0.4, 0.5) is 8.78 Å². The standard InChI is InChI=1S/C16H17F2NO5S2/c1-3-19(4-2)25(20,21)13-6-8-14(9-7-13)26(22,23)24-12-5-10-15(17)16(18)11-12/h5-11H,3-4H2,1-2H3. The normalized spacial score (nSPS) is 12.3. The van der Waals surface area contributed by atoms with Gasteiger partial charge in [0, 0.05) is 19.2 Å². The molecular formula is C16H17F2NO5S2. The van der Waals surface area contributed by atoms with Crippen molar-refractivity contribution in [3.05, 3.63) is 54.1 Å². The van der Waals surface area contributed by atoms with Gasteiger partial charge < -0.3 is 4.18 Å². The largest absolute Gasteiger partial charge is 0.379 e. The lowest BCUT2D eigenvalue weighted by atomic mass is 10.3. The molecule has 0 spiro atoms. The van der Waals surface area contributed by atoms with Crippen molar-refractivity contribution in [3.8, 4) is 5.75 Å². The quantitative estimate of drug-likeness (QED) is 0.662. The summed E-state index contributed by atoms with van der Waals surface area (Å²) in [5.74, 6) is -2.79. The molecule has 0 heterocycles. The third-order valence-electron chi connectivity index (χ3n) is 3.55. The molecule has 6 nitrogen and oxygen atoms in total. The molecule has 0 bridgehead atoms. The molecular weight excluding hydrogens is 388 g/mol. The number of sulfonamides is 1. The van der Waals surface area contributed by atoms with Crippen LogP contribution in [0.1, 0.15) is 13.8 Å². The number of rotatable bonds is 7. The Bertz CT molecular complexity index is 986. The molecule has 0 amide bonds. The molecule has 0 aliphatic rings. The summed E-state index contributed by atoms with van der Waals surface area (Å²) in [4.78, 5) is -0.381. The van der Waals surface area contributed by atoms with Crippen molar-refractivity contribution in [2.24, 2.45) is 0 Å². The van der Waals surface area contributed by atoms with Crippen LogP contribution in [0.15, 0.2) is 52.3 Å². The molecule has 0 aliphatic carbocycles. The second-order valence-corrected chi connectivity index (χ2v) is 8.66. The zero-order chi connectivity index (χ0) is 19.5. The summed E-state index contributed by atoms with van der Waals surface area (Å²) in [5, 5.41) is 0. The Morgan fingerprint density at radius 3 is 1.88 bits per heavy atom. The Morgan fingerprint density at radius 1 is 0.846 bits per heavy atom. The van der Waals surface area contributed by atoms with Crippen molar-refractivity contribution in [1.82, 2.24) is 4.31 Å². The van der Waals surface area contributed by atoms with Crippen molar-refractivity contribution in [1.29, 1.82) is 0 Å². The molecule has 10 heteroatoms. The molecule has 2 aromatic rings. The van der Waals surface area contributed by atoms with E-state index < -0.39 is 37.5 Å². The van der Waals surface area contributed by atoms with E-state index in [2.05, 4.69) is 0 Å². The van der Waals surface area contributed by atoms with Crippen molar-refractivity contribution < 1.29 is 29.8 Å². The summed E-state index contributed by atoms with van der Waals surface area (Å²) in [5.41, 5.74) is 0. The van der Waals surface area contributed by atoms with Gasteiger partial charge in [-0.2, -0.15) is 12.7 Å². The number of benzene rings is 2. The summed E-state index contributed by atoms with van der Waals surface area (Å²) in [6.07, 6.45) is 0. The highest BCUT2D eigenvalue weighted by atomic mass is 32.2. The van der Waals surface area contributed by atoms with Crippen LogP contribution in [-0.4, -0.2) is 34.2 Å². The lowest BCUT2D eigenvalue weighted by Gasteiger charge is -2.18. The Balaban J connectivity index is 2.30. The average molecular weight is 405 g/mol. The minimum atomic E-state index is -4.33. The van der Waals surface area contributed by atoms with Crippen molar-refractivity contribution in [2.75, 3.05) is 13.1 Å². The fourth-order valence-corrected chi connectivity index (χ4v) is 4.58. The molecule has 0 fully saturated rings. The molecule has 142 valence electrons. The minimum Gasteiger partial charge on any atom is -0.379 e. The first kappa shape index (κ1) is 20.3. The molecule has 26 heavy (non-hydrogen) atoms. The van der Waals surface area contributed by atoms with Crippen LogP contribution >= 0.6 is 0 Å². The maximum absolute atomic E-state index is 13.2. The highest BCUT2D eigenvalue weighted by molar-refractivity contribution is 7.89. The third kappa shape index (κ3) is 4.19. The van der Waals surface area contributed by atoms with Crippen molar-refractivity contribution >= 4 is 20.1 Å². The Morgan fingerprint density at radius 2 is 1.38 bits per heavy atom. The first-order chi connectivity index (χ1) is 12.1. The molecule has 0 aliphatic heterocycles. The van der Waals surface area contributed by atoms with Gasteiger partial charge in [0.15, 0.2) is 11.6 Å². The third-order valence-corrected chi connectivity index (χ3v) is 6.88. The zero-order valence-corrected chi connectivity index (χ0v) is 15.6. The lowest BCUT2D eigenvalue weighted by molar-refractivity contribution is 0.445. The highest BCUT2D eigenvalue weighted by Gasteiger charge is 2.23. The van der Waals surface area contributed by atoms with Crippen LogP contribution in [0.5, 0.6) is 5.75 Å². The van der Waals surface area contributed by atoms with E-state index in [0.717, 1.165) is 36.4 Å². The highest BCUT2D eigenvalue weighted by Crippen LogP contribution is 2.23. The second kappa shape index (κ2) is 7.68. The topological polar surface area (TPSA) is 80.8 Å². The first-order valence-electron chi connectivity index (χ1n) is 7.61. The van der Waals surface area contributed by atoms with Crippen LogP contribution in [0.3, 0.4) is 0 Å². The zero-order valence-electron chi connectivity index (χ0n) is 14.0. The van der Waals surface area contributed by atoms with E-state index in [1.54, 1.807) is 13.8 Å². The average Bonchev–Trinajstić information content (AvgIpc) is 2.59. The molecule has 2 rings (SSSR count). The van der Waals surface area contributed by atoms with Crippen LogP contribution in [0, 0.1) is 11.6 Å². The van der Waals surface area contributed by atoms with Crippen molar-refractivity contribution in [2.45, 2.75) is 23.6 Å². The van der Waals surface area contributed by atoms with Crippen LogP contribution in [0.2, 0.25) is 0 Å². The second-order valence-electron chi connectivity index (χ2n) is 5.17. The maximum atomic E-state index is 13.2. The number of hydrogen-bond donors (Lipinski definition) is 0. The van der Waals surface area contributed by atoms with Crippen LogP contribution < -0.4 is 4.18 Å². The van der Waals surface area contributed by atoms with E-state index in [1.807, 2.05) is 0 Å². The fraction of sp³-hybridized carbons (Fsp3) is 0.250. The monoisotopic (exact) mass is 405 g/mol. The summed E-state index contributed by atoms with van der Waals surface area (Å²) < 4.78 is 81.2. The van der Waals surface area contributed by atoms with E-state index >= 15 is 0 Å². The van der Waals surface area contributed by atoms with Gasteiger partial charge >= 0.3 is 10.1 Å². The van der Waals surface area contributed by atoms with Crippen LogP contribution in [-0.2, 0) is 20.1 Å². The summed E-state index contributed by atoms with van der Waals surface area (Å²) in [6.45, 7) is 3.93. The fourth-order valence-electron chi connectivity index (χ4n) is 2.19. The van der Waals surface area contributed by atoms with Gasteiger partial charge in [0.05, 0.1) is 4.90 Å². The predicted molar refractivity (Wildman–Crippen MR) is 90.7 cm³/mol. The van der Waals surface area contributed by atoms with Crippen LogP contribution in [0.25, 0.3) is 0 Å². The Labute approximate surface area is 151 Å². The van der Waals surface area contributed by atoms with Gasteiger partial charge in [-0.3, -0.25) is 0 Å². The van der Waals surface area contributed by atoms with Gasteiger partial charge in [0.25, 0.3) is 0 Å². The van der Waals surface area contributed by atoms with Gasteiger partial charge in [-0.25, -0.2) is 17.2 Å². The summed E-state index contributed by atoms with van der Waals surface area (Å²) >= 11 is 0. The Hall–Kier alpha value is -2.04. The van der Waals surface area contributed by atoms with Gasteiger partial charge in [0.2, 0.25) is 10.0 Å². The smallest absolute Gasteiger partial charge is 0.339 e. The van der Waals surface area contributed by atoms with Gasteiger partial charge in [-0.15, -0.1) is 0 Å². The molecule has 0 atom stereocenters. The molecule has 2 aromatic carbocycles. The molecule has 0 radical (unpaired) electrons. The van der Waals surface area contributed by atoms with Gasteiger partial charge in [-0.1, -0.05) is 13.8 Å². The van der Waals surface area contributed by atoms with Gasteiger partial charge in [0.1, 0.15) is 10.6 Å². The summed E-state index contributed by atoms with van der Waals surface area (Å²) in [7, 11) is -8.06. The summed E-state index contributed by atoms with van der Waals surface area (Å²) in [6, 6.07) is 6.75. The molecule has 0 aromatic heterocycles. The van der Waals surface area contributed by atoms with E-state index in [9.17, 15) is 25.6 Å². The van der Waals surface area contributed by atoms with E-state index in [4.69, 9.17) is 4.18 Å². The number of halogens is 2. The SMILES string of the molecule is CCN(CC)S(=O)(=O)c1ccc(S(=O)(=O)Oc2ccc(F)c(F)c2)cc1. The Kier molecular flexibility index (Phi) is 5.99.